The number of hydrogen-bond donors (Lipinski definition) is 3. The molecule has 4 N–H and O–H groups in total. The van der Waals surface area contributed by atoms with Gasteiger partial charge in [-0.3, -0.25) is 14.9 Å². The lowest BCUT2D eigenvalue weighted by Crippen LogP contribution is -2.35. The van der Waals surface area contributed by atoms with Gasteiger partial charge in [-0.1, -0.05) is 24.3 Å². The molecule has 0 radical (unpaired) electrons. The molecule has 1 aliphatic rings. The summed E-state index contributed by atoms with van der Waals surface area (Å²) in [5.41, 5.74) is 9.51. The Bertz CT molecular complexity index is 1050. The Hall–Kier alpha value is -2.87. The molecule has 7 nitrogen and oxygen atoms in total. The van der Waals surface area contributed by atoms with Crippen molar-refractivity contribution in [1.82, 2.24) is 0 Å². The summed E-state index contributed by atoms with van der Waals surface area (Å²) in [5, 5.41) is 6.92. The van der Waals surface area contributed by atoms with Crippen LogP contribution in [0.25, 0.3) is 0 Å². The van der Waals surface area contributed by atoms with E-state index in [0.717, 1.165) is 29.7 Å². The third-order valence-electron chi connectivity index (χ3n) is 5.27. The van der Waals surface area contributed by atoms with Crippen molar-refractivity contribution < 1.29 is 13.2 Å². The normalized spacial score (nSPS) is 13.8. The van der Waals surface area contributed by atoms with E-state index in [1.807, 2.05) is 24.3 Å². The van der Waals surface area contributed by atoms with Crippen molar-refractivity contribution in [2.75, 3.05) is 16.2 Å². The van der Waals surface area contributed by atoms with Crippen molar-refractivity contribution >= 4 is 33.1 Å². The smallest absolute Gasteiger partial charge is 0.235 e. The molecule has 1 aliphatic heterocycles. The second-order valence-electron chi connectivity index (χ2n) is 7.80. The Labute approximate surface area is 177 Å². The minimum Gasteiger partial charge on any atom is -0.384 e. The van der Waals surface area contributed by atoms with Crippen molar-refractivity contribution in [2.24, 2.45) is 5.73 Å². The van der Waals surface area contributed by atoms with Crippen LogP contribution < -0.4 is 15.4 Å². The van der Waals surface area contributed by atoms with Crippen molar-refractivity contribution in [3.8, 4) is 0 Å². The van der Waals surface area contributed by atoms with E-state index in [9.17, 15) is 13.2 Å². The number of amidine groups is 1. The summed E-state index contributed by atoms with van der Waals surface area (Å²) < 4.78 is 26.9. The first-order chi connectivity index (χ1) is 14.2. The van der Waals surface area contributed by atoms with E-state index >= 15 is 0 Å². The maximum atomic E-state index is 12.9. The van der Waals surface area contributed by atoms with Gasteiger partial charge < -0.3 is 10.6 Å². The van der Waals surface area contributed by atoms with Crippen LogP contribution in [0.4, 0.5) is 11.4 Å². The summed E-state index contributed by atoms with van der Waals surface area (Å²) in [6.07, 6.45) is 2.63. The predicted octanol–water partition coefficient (Wildman–Crippen LogP) is 3.03. The topological polar surface area (TPSA) is 116 Å². The SMILES string of the molecule is CC(C)S(=O)(=O)Nc1ccc2c(c1)CCCN2C(=O)CCc1ccc(C(=N)N)cc1. The van der Waals surface area contributed by atoms with E-state index in [4.69, 9.17) is 11.1 Å². The zero-order valence-electron chi connectivity index (χ0n) is 17.3. The van der Waals surface area contributed by atoms with Crippen molar-refractivity contribution in [3.05, 3.63) is 59.2 Å². The Balaban J connectivity index is 1.69. The molecule has 2 aromatic rings. The molecule has 3 rings (SSSR count). The van der Waals surface area contributed by atoms with Gasteiger partial charge >= 0.3 is 0 Å². The van der Waals surface area contributed by atoms with Crippen LogP contribution in [0.15, 0.2) is 42.5 Å². The van der Waals surface area contributed by atoms with Crippen molar-refractivity contribution in [2.45, 2.75) is 44.8 Å². The Kier molecular flexibility index (Phi) is 6.45. The molecular formula is C22H28N4O3S. The van der Waals surface area contributed by atoms with E-state index in [2.05, 4.69) is 4.72 Å². The minimum absolute atomic E-state index is 0.0256. The molecule has 160 valence electrons. The highest BCUT2D eigenvalue weighted by atomic mass is 32.2. The fourth-order valence-electron chi connectivity index (χ4n) is 3.44. The molecular weight excluding hydrogens is 400 g/mol. The number of nitrogens with one attached hydrogen (secondary N) is 2. The zero-order valence-corrected chi connectivity index (χ0v) is 18.1. The third-order valence-corrected chi connectivity index (χ3v) is 7.03. The minimum atomic E-state index is -3.41. The number of sulfonamides is 1. The Morgan fingerprint density at radius 2 is 1.90 bits per heavy atom. The number of nitrogens with two attached hydrogens (primary N) is 1. The van der Waals surface area contributed by atoms with Crippen molar-refractivity contribution in [1.29, 1.82) is 5.41 Å². The molecule has 0 saturated heterocycles. The molecule has 0 saturated carbocycles. The van der Waals surface area contributed by atoms with Gasteiger partial charge in [0.1, 0.15) is 5.84 Å². The number of nitrogen functional groups attached to an aromatic ring is 1. The maximum absolute atomic E-state index is 12.9. The second-order valence-corrected chi connectivity index (χ2v) is 10.0. The number of nitrogens with zero attached hydrogens (tertiary/aromatic N) is 1. The number of carbonyl (C=O) groups is 1. The number of fused-ring (bicyclic) bond motifs is 1. The highest BCUT2D eigenvalue weighted by Gasteiger charge is 2.23. The van der Waals surface area contributed by atoms with Gasteiger partial charge in [0.25, 0.3) is 0 Å². The van der Waals surface area contributed by atoms with Gasteiger partial charge in [-0.05, 0) is 62.4 Å². The third kappa shape index (κ3) is 4.99. The van der Waals surface area contributed by atoms with Crippen molar-refractivity contribution in [3.63, 3.8) is 0 Å². The average Bonchev–Trinajstić information content (AvgIpc) is 2.71. The lowest BCUT2D eigenvalue weighted by molar-refractivity contribution is -0.118. The number of amides is 1. The van der Waals surface area contributed by atoms with Crippen LogP contribution in [0, 0.1) is 5.41 Å². The Morgan fingerprint density at radius 1 is 1.20 bits per heavy atom. The summed E-state index contributed by atoms with van der Waals surface area (Å²) >= 11 is 0. The van der Waals surface area contributed by atoms with Crippen LogP contribution in [0.5, 0.6) is 0 Å². The van der Waals surface area contributed by atoms with Gasteiger partial charge in [0.15, 0.2) is 0 Å². The summed E-state index contributed by atoms with van der Waals surface area (Å²) in [6, 6.07) is 12.7. The molecule has 0 spiro atoms. The van der Waals surface area contributed by atoms with Gasteiger partial charge in [0, 0.05) is 29.9 Å². The van der Waals surface area contributed by atoms with E-state index in [1.54, 1.807) is 36.9 Å². The molecule has 30 heavy (non-hydrogen) atoms. The van der Waals surface area contributed by atoms with Gasteiger partial charge in [-0.15, -0.1) is 0 Å². The number of anilines is 2. The number of aryl methyl sites for hydroxylation is 2. The molecule has 0 atom stereocenters. The molecule has 0 unspecified atom stereocenters. The van der Waals surface area contributed by atoms with E-state index in [1.165, 1.54) is 0 Å². The Morgan fingerprint density at radius 3 is 2.53 bits per heavy atom. The summed E-state index contributed by atoms with van der Waals surface area (Å²) in [5.74, 6) is 0.0692. The molecule has 8 heteroatoms. The van der Waals surface area contributed by atoms with Gasteiger partial charge in [0.05, 0.1) is 5.25 Å². The molecule has 1 heterocycles. The highest BCUT2D eigenvalue weighted by molar-refractivity contribution is 7.93. The molecule has 0 fully saturated rings. The van der Waals surface area contributed by atoms with Crippen LogP contribution >= 0.6 is 0 Å². The lowest BCUT2D eigenvalue weighted by Gasteiger charge is -2.30. The molecule has 0 aromatic heterocycles. The van der Waals surface area contributed by atoms with Crippen LogP contribution in [0.2, 0.25) is 0 Å². The zero-order chi connectivity index (χ0) is 21.9. The van der Waals surface area contributed by atoms with Crippen LogP contribution in [-0.4, -0.2) is 32.0 Å². The summed E-state index contributed by atoms with van der Waals surface area (Å²) in [4.78, 5) is 14.7. The molecule has 2 aromatic carbocycles. The monoisotopic (exact) mass is 428 g/mol. The fourth-order valence-corrected chi connectivity index (χ4v) is 4.13. The van der Waals surface area contributed by atoms with Gasteiger partial charge in [0.2, 0.25) is 15.9 Å². The first-order valence-corrected chi connectivity index (χ1v) is 11.6. The fraction of sp³-hybridized carbons (Fsp3) is 0.364. The highest BCUT2D eigenvalue weighted by Crippen LogP contribution is 2.31. The first kappa shape index (κ1) is 21.8. The van der Waals surface area contributed by atoms with E-state index in [-0.39, 0.29) is 11.7 Å². The predicted molar refractivity (Wildman–Crippen MR) is 121 cm³/mol. The lowest BCUT2D eigenvalue weighted by atomic mass is 10.00. The largest absolute Gasteiger partial charge is 0.384 e. The quantitative estimate of drug-likeness (QED) is 0.464. The molecule has 0 bridgehead atoms. The second kappa shape index (κ2) is 8.87. The molecule has 0 aliphatic carbocycles. The average molecular weight is 429 g/mol. The van der Waals surface area contributed by atoms with Gasteiger partial charge in [-0.25, -0.2) is 8.42 Å². The van der Waals surface area contributed by atoms with Crippen LogP contribution in [-0.2, 0) is 27.7 Å². The van der Waals surface area contributed by atoms with Crippen LogP contribution in [0.3, 0.4) is 0 Å². The number of rotatable bonds is 7. The first-order valence-electron chi connectivity index (χ1n) is 10.1. The molecule has 1 amide bonds. The maximum Gasteiger partial charge on any atom is 0.235 e. The van der Waals surface area contributed by atoms with E-state index in [0.29, 0.717) is 30.6 Å². The van der Waals surface area contributed by atoms with Crippen LogP contribution in [0.1, 0.15) is 43.4 Å². The standard InChI is InChI=1S/C22H28N4O3S/c1-15(2)30(28,29)25-19-10-11-20-18(14-19)4-3-13-26(20)21(27)12-7-16-5-8-17(9-6-16)22(23)24/h5-6,8-11,14-15,25H,3-4,7,12-13H2,1-2H3,(H3,23,24). The number of benzene rings is 2. The van der Waals surface area contributed by atoms with Gasteiger partial charge in [-0.2, -0.15) is 0 Å². The van der Waals surface area contributed by atoms with E-state index < -0.39 is 15.3 Å². The summed E-state index contributed by atoms with van der Waals surface area (Å²) in [6.45, 7) is 3.93. The number of carbonyl (C=O) groups excluding carboxylic acids is 1. The summed E-state index contributed by atoms with van der Waals surface area (Å²) in [7, 11) is -3.41. The number of hydrogen-bond acceptors (Lipinski definition) is 4.